The Balaban J connectivity index is 0.000000231. The van der Waals surface area contributed by atoms with Crippen LogP contribution in [-0.2, 0) is 13.1 Å². The van der Waals surface area contributed by atoms with Gasteiger partial charge in [-0.25, -0.2) is 0 Å². The Labute approximate surface area is 246 Å². The van der Waals surface area contributed by atoms with Crippen molar-refractivity contribution in [2.24, 2.45) is 0 Å². The first kappa shape index (κ1) is 31.4. The van der Waals surface area contributed by atoms with Crippen molar-refractivity contribution in [3.8, 4) is 0 Å². The van der Waals surface area contributed by atoms with E-state index < -0.39 is 0 Å². The predicted molar refractivity (Wildman–Crippen MR) is 167 cm³/mol. The van der Waals surface area contributed by atoms with E-state index in [1.54, 1.807) is 48.5 Å². The molecule has 8 nitrogen and oxygen atoms in total. The summed E-state index contributed by atoms with van der Waals surface area (Å²) in [6.45, 7) is 4.22. The highest BCUT2D eigenvalue weighted by atomic mass is 16.2. The molecule has 4 N–H and O–H groups in total. The second-order valence-electron chi connectivity index (χ2n) is 9.59. The maximum absolute atomic E-state index is 12.2. The average molecular weight is 565 g/mol. The average Bonchev–Trinajstić information content (AvgIpc) is 3.00. The zero-order chi connectivity index (χ0) is 30.5. The second kappa shape index (κ2) is 15.6. The van der Waals surface area contributed by atoms with Gasteiger partial charge in [0, 0.05) is 53.8 Å². The summed E-state index contributed by atoms with van der Waals surface area (Å²) in [4.78, 5) is 47.0. The number of hydrogen-bond donors (Lipinski definition) is 4. The number of carbonyl (C=O) groups is 4. The zero-order valence-electron chi connectivity index (χ0n) is 24.3. The van der Waals surface area contributed by atoms with E-state index in [9.17, 15) is 19.2 Å². The predicted octanol–water partition coefficient (Wildman–Crippen LogP) is 5.72. The molecule has 0 saturated carbocycles. The van der Waals surface area contributed by atoms with Crippen molar-refractivity contribution in [3.63, 3.8) is 0 Å². The van der Waals surface area contributed by atoms with E-state index in [0.717, 1.165) is 17.8 Å². The van der Waals surface area contributed by atoms with E-state index in [-0.39, 0.29) is 23.4 Å². The summed E-state index contributed by atoms with van der Waals surface area (Å²) in [5.41, 5.74) is 5.88. The van der Waals surface area contributed by atoms with Crippen molar-refractivity contribution in [2.45, 2.75) is 26.9 Å². The molecule has 0 aliphatic rings. The van der Waals surface area contributed by atoms with Gasteiger partial charge in [-0.05, 0) is 74.5 Å². The summed E-state index contributed by atoms with van der Waals surface area (Å²) in [7, 11) is 3.72. The summed E-state index contributed by atoms with van der Waals surface area (Å²) in [6.07, 6.45) is 0. The molecule has 8 heteroatoms. The largest absolute Gasteiger partial charge is 0.388 e. The van der Waals surface area contributed by atoms with E-state index in [4.69, 9.17) is 0 Å². The van der Waals surface area contributed by atoms with Gasteiger partial charge in [-0.2, -0.15) is 0 Å². The van der Waals surface area contributed by atoms with Gasteiger partial charge in [0.2, 0.25) is 0 Å². The minimum Gasteiger partial charge on any atom is -0.388 e. The molecule has 0 radical (unpaired) electrons. The number of carbonyl (C=O) groups excluding carboxylic acids is 4. The lowest BCUT2D eigenvalue weighted by Crippen LogP contribution is -2.23. The Kier molecular flexibility index (Phi) is 11.7. The van der Waals surface area contributed by atoms with Gasteiger partial charge in [0.1, 0.15) is 0 Å². The van der Waals surface area contributed by atoms with Gasteiger partial charge in [0.05, 0.1) is 0 Å². The number of Topliss-reactive ketones (excluding diaryl/α,β-unsaturated/α-hetero) is 2. The molecule has 0 aromatic heterocycles. The van der Waals surface area contributed by atoms with Gasteiger partial charge in [-0.3, -0.25) is 19.2 Å². The van der Waals surface area contributed by atoms with Gasteiger partial charge in [-0.1, -0.05) is 54.6 Å². The summed E-state index contributed by atoms with van der Waals surface area (Å²) < 4.78 is 0. The van der Waals surface area contributed by atoms with Crippen molar-refractivity contribution in [2.75, 3.05) is 24.7 Å². The van der Waals surface area contributed by atoms with Crippen LogP contribution in [0.25, 0.3) is 0 Å². The lowest BCUT2D eigenvalue weighted by Gasteiger charge is -2.08. The van der Waals surface area contributed by atoms with Gasteiger partial charge >= 0.3 is 0 Å². The first-order valence-electron chi connectivity index (χ1n) is 13.5. The molecule has 0 fully saturated rings. The number of hydrogen-bond acceptors (Lipinski definition) is 6. The summed E-state index contributed by atoms with van der Waals surface area (Å²) in [5, 5.41) is 11.8. The molecule has 4 aromatic rings. The topological polar surface area (TPSA) is 116 Å². The van der Waals surface area contributed by atoms with Crippen molar-refractivity contribution >= 4 is 34.8 Å². The highest BCUT2D eigenvalue weighted by Gasteiger charge is 2.09. The van der Waals surface area contributed by atoms with Crippen LogP contribution in [0.5, 0.6) is 0 Å². The Morgan fingerprint density at radius 3 is 1.62 bits per heavy atom. The van der Waals surface area contributed by atoms with Gasteiger partial charge in [0.25, 0.3) is 11.8 Å². The van der Waals surface area contributed by atoms with Crippen LogP contribution in [-0.4, -0.2) is 37.5 Å². The van der Waals surface area contributed by atoms with Crippen LogP contribution < -0.4 is 21.3 Å². The lowest BCUT2D eigenvalue weighted by molar-refractivity contribution is 0.0949. The van der Waals surface area contributed by atoms with Crippen LogP contribution in [0.15, 0.2) is 97.1 Å². The standard InChI is InChI=1S/C18H20N2O2.C16H16N2O2/c1-13(21)16-7-4-8-17(10-16)18(22)20-12-15-6-3-5-14(9-15)11-19-2;1-11(19)12-5-3-6-13(9-12)16(20)18-15-8-4-7-14(10-15)17-2/h3-10,19H,11-12H2,1-2H3,(H,20,22);3-10,17H,1-2H3,(H,18,20). The first-order valence-corrected chi connectivity index (χ1v) is 13.5. The third-order valence-electron chi connectivity index (χ3n) is 6.30. The number of benzene rings is 4. The molecular formula is C34H36N4O4. The zero-order valence-corrected chi connectivity index (χ0v) is 24.3. The SMILES string of the molecule is CNCc1cccc(CNC(=O)c2cccc(C(C)=O)c2)c1.CNc1cccc(NC(=O)c2cccc(C(C)=O)c2)c1. The fraction of sp³-hybridized carbons (Fsp3) is 0.176. The van der Waals surface area contributed by atoms with Crippen molar-refractivity contribution in [1.29, 1.82) is 0 Å². The maximum atomic E-state index is 12.2. The lowest BCUT2D eigenvalue weighted by atomic mass is 10.1. The molecule has 0 bridgehead atoms. The summed E-state index contributed by atoms with van der Waals surface area (Å²) in [5.74, 6) is -0.519. The Bertz CT molecular complexity index is 1560. The van der Waals surface area contributed by atoms with E-state index in [0.29, 0.717) is 34.5 Å². The number of ketones is 2. The molecular weight excluding hydrogens is 528 g/mol. The highest BCUT2D eigenvalue weighted by Crippen LogP contribution is 2.16. The third-order valence-corrected chi connectivity index (χ3v) is 6.30. The molecule has 0 spiro atoms. The monoisotopic (exact) mass is 564 g/mol. The molecule has 4 rings (SSSR count). The molecule has 0 aliphatic heterocycles. The van der Waals surface area contributed by atoms with Crippen molar-refractivity contribution in [1.82, 2.24) is 10.6 Å². The normalized spacial score (nSPS) is 10.1. The van der Waals surface area contributed by atoms with Gasteiger partial charge in [-0.15, -0.1) is 0 Å². The molecule has 4 aromatic carbocycles. The maximum Gasteiger partial charge on any atom is 0.255 e. The van der Waals surface area contributed by atoms with Crippen molar-refractivity contribution < 1.29 is 19.2 Å². The van der Waals surface area contributed by atoms with Gasteiger partial charge < -0.3 is 21.3 Å². The van der Waals surface area contributed by atoms with Crippen LogP contribution in [0.3, 0.4) is 0 Å². The molecule has 0 saturated heterocycles. The van der Waals surface area contributed by atoms with Crippen LogP contribution in [0.2, 0.25) is 0 Å². The molecule has 42 heavy (non-hydrogen) atoms. The minimum absolute atomic E-state index is 0.0468. The van der Waals surface area contributed by atoms with Crippen LogP contribution >= 0.6 is 0 Å². The fourth-order valence-corrected chi connectivity index (χ4v) is 4.05. The van der Waals surface area contributed by atoms with E-state index in [1.807, 2.05) is 56.6 Å². The van der Waals surface area contributed by atoms with E-state index >= 15 is 0 Å². The molecule has 216 valence electrons. The second-order valence-corrected chi connectivity index (χ2v) is 9.59. The minimum atomic E-state index is -0.235. The quantitative estimate of drug-likeness (QED) is 0.183. The molecule has 0 heterocycles. The Hall–Kier alpha value is -5.08. The number of nitrogens with one attached hydrogen (secondary N) is 4. The summed E-state index contributed by atoms with van der Waals surface area (Å²) >= 11 is 0. The molecule has 0 aliphatic carbocycles. The van der Waals surface area contributed by atoms with Gasteiger partial charge in [0.15, 0.2) is 11.6 Å². The molecule has 0 atom stereocenters. The van der Waals surface area contributed by atoms with Crippen LogP contribution in [0.1, 0.15) is 66.4 Å². The molecule has 0 unspecified atom stereocenters. The highest BCUT2D eigenvalue weighted by molar-refractivity contribution is 6.06. The summed E-state index contributed by atoms with van der Waals surface area (Å²) in [6, 6.07) is 28.9. The number of amides is 2. The first-order chi connectivity index (χ1) is 20.2. The van der Waals surface area contributed by atoms with E-state index in [2.05, 4.69) is 27.3 Å². The Morgan fingerprint density at radius 1 is 0.548 bits per heavy atom. The third kappa shape index (κ3) is 9.53. The molecule has 2 amide bonds. The number of anilines is 2. The smallest absolute Gasteiger partial charge is 0.255 e. The fourth-order valence-electron chi connectivity index (χ4n) is 4.05. The van der Waals surface area contributed by atoms with E-state index in [1.165, 1.54) is 19.4 Å². The van der Waals surface area contributed by atoms with Crippen LogP contribution in [0.4, 0.5) is 11.4 Å². The van der Waals surface area contributed by atoms with Crippen molar-refractivity contribution in [3.05, 3.63) is 130 Å². The Morgan fingerprint density at radius 2 is 1.05 bits per heavy atom. The number of rotatable bonds is 10. The van der Waals surface area contributed by atoms with Crippen LogP contribution in [0, 0.1) is 0 Å².